The molecule has 58 valence electrons. The molecular weight excluding hydrogens is 150 g/mol. The van der Waals surface area contributed by atoms with Crippen LogP contribution in [0.25, 0.3) is 0 Å². The highest BCUT2D eigenvalue weighted by atomic mass is 16.3. The summed E-state index contributed by atoms with van der Waals surface area (Å²) in [6.45, 7) is 0. The summed E-state index contributed by atoms with van der Waals surface area (Å²) in [5.74, 6) is 0. The van der Waals surface area contributed by atoms with Gasteiger partial charge in [0.05, 0.1) is 5.29 Å². The van der Waals surface area contributed by atoms with E-state index in [-0.39, 0.29) is 4.68 Å². The zero-order chi connectivity index (χ0) is 8.43. The Morgan fingerprint density at radius 1 is 1.45 bits per heavy atom. The van der Waals surface area contributed by atoms with Gasteiger partial charge in [-0.1, -0.05) is 0 Å². The van der Waals surface area contributed by atoms with Crippen molar-refractivity contribution in [1.29, 1.82) is 0 Å². The summed E-state index contributed by atoms with van der Waals surface area (Å²) < 4.78 is 1.34. The third-order valence-corrected chi connectivity index (χ3v) is 1.21. The Morgan fingerprint density at radius 2 is 2.09 bits per heavy atom. The molecule has 0 bridgehead atoms. The number of hydrogen-bond donors (Lipinski definition) is 0. The van der Waals surface area contributed by atoms with Crippen LogP contribution in [0.3, 0.4) is 0 Å². The van der Waals surface area contributed by atoms with E-state index in [1.807, 2.05) is 0 Å². The molecule has 1 heterocycles. The smallest absolute Gasteiger partial charge is 0.302 e. The lowest BCUT2D eigenvalue weighted by atomic mass is 10.6. The summed E-state index contributed by atoms with van der Waals surface area (Å²) in [4.78, 5) is 31.4. The molecule has 0 spiro atoms. The molecule has 0 atom stereocenters. The van der Waals surface area contributed by atoms with E-state index in [2.05, 4.69) is 5.29 Å². The third-order valence-electron chi connectivity index (χ3n) is 1.21. The number of nitrogens with zero attached hydrogens (tertiary/aromatic N) is 3. The topological polar surface area (TPSA) is 73.4 Å². The zero-order valence-electron chi connectivity index (χ0n) is 5.72. The third kappa shape index (κ3) is 1.09. The Balaban J connectivity index is 3.68. The Kier molecular flexibility index (Phi) is 1.67. The lowest BCUT2D eigenvalue weighted by Gasteiger charge is -1.94. The van der Waals surface area contributed by atoms with E-state index in [9.17, 15) is 14.5 Å². The van der Waals surface area contributed by atoms with Crippen molar-refractivity contribution in [3.8, 4) is 0 Å². The van der Waals surface area contributed by atoms with E-state index in [1.165, 1.54) is 13.2 Å². The summed E-state index contributed by atoms with van der Waals surface area (Å²) in [6.07, 6.45) is 1.27. The van der Waals surface area contributed by atoms with Gasteiger partial charge in [0.15, 0.2) is 0 Å². The van der Waals surface area contributed by atoms with Gasteiger partial charge >= 0.3 is 5.69 Å². The van der Waals surface area contributed by atoms with Gasteiger partial charge in [-0.25, -0.2) is 4.79 Å². The normalized spacial score (nSPS) is 9.55. The SMILES string of the molecule is Cn1ccc(=O)n(N=O)c1=O. The van der Waals surface area contributed by atoms with Crippen LogP contribution in [-0.2, 0) is 7.05 Å². The maximum absolute atomic E-state index is 10.9. The number of hydrogen-bond acceptors (Lipinski definition) is 4. The van der Waals surface area contributed by atoms with Gasteiger partial charge in [-0.2, -0.15) is 0 Å². The Hall–Kier alpha value is -1.72. The minimum absolute atomic E-state index is 0.250. The molecule has 0 saturated heterocycles. The summed E-state index contributed by atoms with van der Waals surface area (Å²) in [5.41, 5.74) is -1.46. The molecule has 6 heteroatoms. The first-order valence-electron chi connectivity index (χ1n) is 2.79. The van der Waals surface area contributed by atoms with Crippen molar-refractivity contribution in [3.63, 3.8) is 0 Å². The van der Waals surface area contributed by atoms with Crippen molar-refractivity contribution in [1.82, 2.24) is 9.24 Å². The van der Waals surface area contributed by atoms with E-state index >= 15 is 0 Å². The quantitative estimate of drug-likeness (QED) is 0.492. The first-order chi connectivity index (χ1) is 5.16. The van der Waals surface area contributed by atoms with Crippen molar-refractivity contribution in [3.05, 3.63) is 38.0 Å². The zero-order valence-corrected chi connectivity index (χ0v) is 5.72. The molecule has 0 aliphatic rings. The van der Waals surface area contributed by atoms with Gasteiger partial charge in [0, 0.05) is 19.3 Å². The van der Waals surface area contributed by atoms with E-state index in [4.69, 9.17) is 0 Å². The number of nitroso groups, excluding NO2 is 1. The molecule has 0 aromatic carbocycles. The molecule has 0 N–H and O–H groups in total. The van der Waals surface area contributed by atoms with Crippen molar-refractivity contribution in [2.75, 3.05) is 0 Å². The average molecular weight is 155 g/mol. The maximum Gasteiger partial charge on any atom is 0.354 e. The Labute approximate surface area is 60.6 Å². The highest BCUT2D eigenvalue weighted by Gasteiger charge is 1.99. The predicted molar refractivity (Wildman–Crippen MR) is 37.1 cm³/mol. The Morgan fingerprint density at radius 3 is 2.55 bits per heavy atom. The van der Waals surface area contributed by atoms with Crippen LogP contribution in [0.1, 0.15) is 0 Å². The molecular formula is C5H5N3O3. The van der Waals surface area contributed by atoms with E-state index in [0.29, 0.717) is 0 Å². The standard InChI is InChI=1S/C5H5N3O3/c1-7-3-2-4(9)8(6-11)5(7)10/h2-3H,1H3. The highest BCUT2D eigenvalue weighted by Crippen LogP contribution is 1.70. The van der Waals surface area contributed by atoms with Gasteiger partial charge in [0.1, 0.15) is 0 Å². The first kappa shape index (κ1) is 7.39. The number of aromatic nitrogens is 2. The molecule has 1 rings (SSSR count). The fraction of sp³-hybridized carbons (Fsp3) is 0.200. The molecule has 1 aromatic rings. The van der Waals surface area contributed by atoms with Crippen molar-refractivity contribution in [2.24, 2.45) is 12.3 Å². The van der Waals surface area contributed by atoms with Crippen LogP contribution < -0.4 is 11.2 Å². The summed E-state index contributed by atoms with van der Waals surface area (Å²) >= 11 is 0. The molecule has 0 radical (unpaired) electrons. The van der Waals surface area contributed by atoms with Crippen LogP contribution in [0.15, 0.2) is 27.1 Å². The fourth-order valence-electron chi connectivity index (χ4n) is 0.629. The van der Waals surface area contributed by atoms with Crippen molar-refractivity contribution in [2.45, 2.75) is 0 Å². The second-order valence-electron chi connectivity index (χ2n) is 1.94. The summed E-state index contributed by atoms with van der Waals surface area (Å²) in [7, 11) is 1.42. The summed E-state index contributed by atoms with van der Waals surface area (Å²) in [6, 6.07) is 1.09. The molecule has 1 aromatic heterocycles. The van der Waals surface area contributed by atoms with Gasteiger partial charge in [0.25, 0.3) is 5.56 Å². The highest BCUT2D eigenvalue weighted by molar-refractivity contribution is 4.84. The molecule has 0 aliphatic heterocycles. The number of aryl methyl sites for hydroxylation is 1. The van der Waals surface area contributed by atoms with Gasteiger partial charge < -0.3 is 4.57 Å². The second-order valence-corrected chi connectivity index (χ2v) is 1.94. The van der Waals surface area contributed by atoms with Gasteiger partial charge in [-0.15, -0.1) is 9.58 Å². The average Bonchev–Trinajstić information content (AvgIpc) is 1.99. The van der Waals surface area contributed by atoms with E-state index in [0.717, 1.165) is 10.6 Å². The van der Waals surface area contributed by atoms with Crippen LogP contribution in [0.2, 0.25) is 0 Å². The Bertz CT molecular complexity index is 389. The lowest BCUT2D eigenvalue weighted by molar-refractivity contribution is 0.667. The molecule has 11 heavy (non-hydrogen) atoms. The first-order valence-corrected chi connectivity index (χ1v) is 2.79. The minimum atomic E-state index is -0.743. The summed E-state index contributed by atoms with van der Waals surface area (Å²) in [5, 5.41) is 2.25. The molecule has 6 nitrogen and oxygen atoms in total. The molecule has 0 fully saturated rings. The van der Waals surface area contributed by atoms with Gasteiger partial charge in [-0.3, -0.25) is 4.79 Å². The van der Waals surface area contributed by atoms with E-state index in [1.54, 1.807) is 0 Å². The fourth-order valence-corrected chi connectivity index (χ4v) is 0.629. The predicted octanol–water partition coefficient (Wildman–Crippen LogP) is -0.924. The van der Waals surface area contributed by atoms with Crippen molar-refractivity contribution >= 4 is 0 Å². The van der Waals surface area contributed by atoms with E-state index < -0.39 is 11.2 Å². The lowest BCUT2D eigenvalue weighted by Crippen LogP contribution is -2.34. The van der Waals surface area contributed by atoms with Crippen molar-refractivity contribution < 1.29 is 0 Å². The number of rotatable bonds is 1. The van der Waals surface area contributed by atoms with Gasteiger partial charge in [0.2, 0.25) is 0 Å². The molecule has 0 unspecified atom stereocenters. The molecule has 0 aliphatic carbocycles. The monoisotopic (exact) mass is 155 g/mol. The second kappa shape index (κ2) is 2.49. The van der Waals surface area contributed by atoms with Crippen LogP contribution in [0, 0.1) is 4.91 Å². The molecule has 0 saturated carbocycles. The maximum atomic E-state index is 10.9. The van der Waals surface area contributed by atoms with Crippen LogP contribution in [0.4, 0.5) is 0 Å². The minimum Gasteiger partial charge on any atom is -0.302 e. The van der Waals surface area contributed by atoms with Crippen LogP contribution in [-0.4, -0.2) is 9.24 Å². The van der Waals surface area contributed by atoms with Crippen LogP contribution in [0.5, 0.6) is 0 Å². The molecule has 0 amide bonds. The van der Waals surface area contributed by atoms with Gasteiger partial charge in [-0.05, 0) is 0 Å². The van der Waals surface area contributed by atoms with Crippen LogP contribution >= 0.6 is 0 Å². The largest absolute Gasteiger partial charge is 0.354 e.